The molecule has 1 aliphatic heterocycles. The molecule has 3 nitrogen and oxygen atoms in total. The molecule has 0 saturated carbocycles. The van der Waals surface area contributed by atoms with Crippen molar-refractivity contribution in [3.8, 4) is 11.5 Å². The van der Waals surface area contributed by atoms with Crippen molar-refractivity contribution < 1.29 is 13.6 Å². The van der Waals surface area contributed by atoms with Crippen LogP contribution in [0, 0.1) is 5.92 Å². The fourth-order valence-corrected chi connectivity index (χ4v) is 2.38. The standard InChI is InChI=1S/C10H12ClO3P/c1-7(2)10(11)14-15-12-8-5-3-4-6-9(8)13-15/h3-7,10H,1-2H3/t10-/m1/s1. The van der Waals surface area contributed by atoms with Crippen molar-refractivity contribution >= 4 is 20.2 Å². The van der Waals surface area contributed by atoms with Crippen LogP contribution in [0.2, 0.25) is 0 Å². The quantitative estimate of drug-likeness (QED) is 0.598. The lowest BCUT2D eigenvalue weighted by molar-refractivity contribution is 0.211. The maximum absolute atomic E-state index is 5.97. The normalized spacial score (nSPS) is 17.1. The molecule has 0 radical (unpaired) electrons. The van der Waals surface area contributed by atoms with E-state index in [1.54, 1.807) is 0 Å². The first kappa shape index (κ1) is 11.0. The highest BCUT2D eigenvalue weighted by atomic mass is 35.5. The molecule has 2 rings (SSSR count). The molecule has 0 fully saturated rings. The van der Waals surface area contributed by atoms with E-state index < -0.39 is 8.60 Å². The van der Waals surface area contributed by atoms with Crippen molar-refractivity contribution in [1.82, 2.24) is 0 Å². The van der Waals surface area contributed by atoms with Crippen molar-refractivity contribution in [2.45, 2.75) is 19.4 Å². The van der Waals surface area contributed by atoms with E-state index >= 15 is 0 Å². The van der Waals surface area contributed by atoms with E-state index in [1.165, 1.54) is 0 Å². The van der Waals surface area contributed by atoms with Gasteiger partial charge in [0.2, 0.25) is 0 Å². The fourth-order valence-electron chi connectivity index (χ4n) is 1.03. The number of rotatable bonds is 3. The van der Waals surface area contributed by atoms with Gasteiger partial charge < -0.3 is 9.05 Å². The number of fused-ring (bicyclic) bond motifs is 1. The Morgan fingerprint density at radius 2 is 1.73 bits per heavy atom. The Labute approximate surface area is 95.3 Å². The molecule has 82 valence electrons. The van der Waals surface area contributed by atoms with E-state index in [2.05, 4.69) is 0 Å². The summed E-state index contributed by atoms with van der Waals surface area (Å²) in [6.07, 6.45) is 0. The van der Waals surface area contributed by atoms with E-state index in [-0.39, 0.29) is 11.5 Å². The van der Waals surface area contributed by atoms with E-state index in [0.29, 0.717) is 0 Å². The Balaban J connectivity index is 1.96. The first-order chi connectivity index (χ1) is 7.16. The molecule has 1 aliphatic rings. The van der Waals surface area contributed by atoms with Gasteiger partial charge in [-0.1, -0.05) is 37.6 Å². The third-order valence-corrected chi connectivity index (χ3v) is 3.71. The average Bonchev–Trinajstić information content (AvgIpc) is 2.59. The topological polar surface area (TPSA) is 27.7 Å². The van der Waals surface area contributed by atoms with Crippen LogP contribution < -0.4 is 9.05 Å². The molecule has 0 spiro atoms. The smallest absolute Gasteiger partial charge is 0.414 e. The molecule has 0 saturated heterocycles. The first-order valence-corrected chi connectivity index (χ1v) is 6.26. The van der Waals surface area contributed by atoms with Crippen molar-refractivity contribution in [3.05, 3.63) is 24.3 Å². The lowest BCUT2D eigenvalue weighted by Crippen LogP contribution is -2.11. The summed E-state index contributed by atoms with van der Waals surface area (Å²) in [5.41, 5.74) is -0.384. The zero-order chi connectivity index (χ0) is 10.8. The Hall–Kier alpha value is -0.500. The van der Waals surface area contributed by atoms with Gasteiger partial charge in [-0.15, -0.1) is 0 Å². The van der Waals surface area contributed by atoms with Gasteiger partial charge in [-0.05, 0) is 18.1 Å². The maximum Gasteiger partial charge on any atom is 0.464 e. The molecule has 5 heteroatoms. The van der Waals surface area contributed by atoms with Crippen LogP contribution in [0.15, 0.2) is 24.3 Å². The highest BCUT2D eigenvalue weighted by molar-refractivity contribution is 7.43. The summed E-state index contributed by atoms with van der Waals surface area (Å²) in [4.78, 5) is 0. The highest BCUT2D eigenvalue weighted by Gasteiger charge is 2.30. The van der Waals surface area contributed by atoms with Gasteiger partial charge in [-0.25, -0.2) is 0 Å². The van der Waals surface area contributed by atoms with E-state index in [1.807, 2.05) is 38.1 Å². The molecule has 1 atom stereocenters. The van der Waals surface area contributed by atoms with Gasteiger partial charge in [-0.2, -0.15) is 0 Å². The molecule has 1 aromatic rings. The SMILES string of the molecule is CC(C)[C@H](Cl)OP1Oc2ccccc2O1. The van der Waals surface area contributed by atoms with Gasteiger partial charge in [0.25, 0.3) is 0 Å². The summed E-state index contributed by atoms with van der Waals surface area (Å²) >= 11 is 5.97. The summed E-state index contributed by atoms with van der Waals surface area (Å²) in [7, 11) is -1.38. The summed E-state index contributed by atoms with van der Waals surface area (Å²) in [5.74, 6) is 1.66. The first-order valence-electron chi connectivity index (χ1n) is 4.73. The van der Waals surface area contributed by atoms with E-state index in [4.69, 9.17) is 25.2 Å². The molecule has 0 aliphatic carbocycles. The van der Waals surface area contributed by atoms with Crippen LogP contribution in [0.3, 0.4) is 0 Å². The van der Waals surface area contributed by atoms with Crippen molar-refractivity contribution in [1.29, 1.82) is 0 Å². The Morgan fingerprint density at radius 3 is 2.20 bits per heavy atom. The number of hydrogen-bond acceptors (Lipinski definition) is 3. The van der Waals surface area contributed by atoms with Gasteiger partial charge in [0.15, 0.2) is 11.5 Å². The molecular formula is C10H12ClO3P. The van der Waals surface area contributed by atoms with Crippen LogP contribution in [-0.2, 0) is 4.52 Å². The number of alkyl halides is 1. The number of hydrogen-bond donors (Lipinski definition) is 0. The monoisotopic (exact) mass is 246 g/mol. The van der Waals surface area contributed by atoms with Crippen molar-refractivity contribution in [2.24, 2.45) is 5.92 Å². The summed E-state index contributed by atoms with van der Waals surface area (Å²) < 4.78 is 16.4. The lowest BCUT2D eigenvalue weighted by atomic mass is 10.2. The van der Waals surface area contributed by atoms with Gasteiger partial charge in [0, 0.05) is 0 Å². The second-order valence-electron chi connectivity index (χ2n) is 3.55. The number of halogens is 1. The molecule has 0 unspecified atom stereocenters. The van der Waals surface area contributed by atoms with Crippen molar-refractivity contribution in [2.75, 3.05) is 0 Å². The third-order valence-electron chi connectivity index (χ3n) is 1.91. The van der Waals surface area contributed by atoms with Crippen LogP contribution in [-0.4, -0.2) is 5.56 Å². The minimum atomic E-state index is -1.38. The number of para-hydroxylation sites is 2. The molecular weight excluding hydrogens is 235 g/mol. The zero-order valence-corrected chi connectivity index (χ0v) is 10.2. The maximum atomic E-state index is 5.97. The second kappa shape index (κ2) is 4.56. The van der Waals surface area contributed by atoms with Gasteiger partial charge in [0.05, 0.1) is 0 Å². The van der Waals surface area contributed by atoms with Gasteiger partial charge in [0.1, 0.15) is 5.56 Å². The predicted octanol–water partition coefficient (Wildman–Crippen LogP) is 3.92. The molecule has 0 N–H and O–H groups in total. The fraction of sp³-hybridized carbons (Fsp3) is 0.400. The molecule has 0 amide bonds. The molecule has 1 heterocycles. The summed E-state index contributed by atoms with van der Waals surface area (Å²) in [6.45, 7) is 3.96. The third kappa shape index (κ3) is 2.54. The summed E-state index contributed by atoms with van der Waals surface area (Å²) in [6, 6.07) is 7.47. The zero-order valence-electron chi connectivity index (χ0n) is 8.51. The molecule has 15 heavy (non-hydrogen) atoms. The predicted molar refractivity (Wildman–Crippen MR) is 60.2 cm³/mol. The van der Waals surface area contributed by atoms with E-state index in [9.17, 15) is 0 Å². The van der Waals surface area contributed by atoms with Gasteiger partial charge in [-0.3, -0.25) is 4.52 Å². The molecule has 0 bridgehead atoms. The molecule has 1 aromatic carbocycles. The van der Waals surface area contributed by atoms with Crippen molar-refractivity contribution in [3.63, 3.8) is 0 Å². The Bertz CT molecular complexity index is 320. The minimum absolute atomic E-state index is 0.227. The van der Waals surface area contributed by atoms with Crippen LogP contribution in [0.1, 0.15) is 13.8 Å². The second-order valence-corrected chi connectivity index (χ2v) is 5.01. The lowest BCUT2D eigenvalue weighted by Gasteiger charge is -2.15. The van der Waals surface area contributed by atoms with Crippen LogP contribution in [0.25, 0.3) is 0 Å². The van der Waals surface area contributed by atoms with Crippen LogP contribution in [0.5, 0.6) is 11.5 Å². The average molecular weight is 247 g/mol. The minimum Gasteiger partial charge on any atom is -0.414 e. The summed E-state index contributed by atoms with van der Waals surface area (Å²) in [5, 5.41) is 0. The Kier molecular flexibility index (Phi) is 3.35. The molecule has 0 aromatic heterocycles. The largest absolute Gasteiger partial charge is 0.464 e. The highest BCUT2D eigenvalue weighted by Crippen LogP contribution is 2.53. The van der Waals surface area contributed by atoms with Crippen LogP contribution >= 0.6 is 20.2 Å². The number of benzene rings is 1. The Morgan fingerprint density at radius 1 is 1.20 bits per heavy atom. The van der Waals surface area contributed by atoms with Crippen LogP contribution in [0.4, 0.5) is 0 Å². The van der Waals surface area contributed by atoms with Gasteiger partial charge >= 0.3 is 8.60 Å². The van der Waals surface area contributed by atoms with E-state index in [0.717, 1.165) is 11.5 Å².